The van der Waals surface area contributed by atoms with Gasteiger partial charge in [-0.25, -0.2) is 0 Å². The molecule has 0 bridgehead atoms. The maximum absolute atomic E-state index is 13.1. The smallest absolute Gasteiger partial charge is 0.319 e. The predicted molar refractivity (Wildman–Crippen MR) is 89.3 cm³/mol. The Balaban J connectivity index is 1.73. The van der Waals surface area contributed by atoms with Gasteiger partial charge in [0.15, 0.2) is 0 Å². The number of hydrogen-bond acceptors (Lipinski definition) is 3. The Morgan fingerprint density at radius 2 is 2.16 bits per heavy atom. The van der Waals surface area contributed by atoms with Gasteiger partial charge in [0.2, 0.25) is 0 Å². The van der Waals surface area contributed by atoms with Crippen LogP contribution in [-0.2, 0) is 4.74 Å². The van der Waals surface area contributed by atoms with E-state index in [0.29, 0.717) is 28.3 Å². The zero-order valence-corrected chi connectivity index (χ0v) is 13.9. The highest BCUT2D eigenvalue weighted by molar-refractivity contribution is 6.04. The summed E-state index contributed by atoms with van der Waals surface area (Å²) in [5.74, 6) is -0.125. The second kappa shape index (κ2) is 7.65. The summed E-state index contributed by atoms with van der Waals surface area (Å²) >= 11 is 0. The molecule has 134 valence electrons. The van der Waals surface area contributed by atoms with E-state index in [9.17, 15) is 13.6 Å². The largest absolute Gasteiger partial charge is 0.489 e. The summed E-state index contributed by atoms with van der Waals surface area (Å²) in [5.41, 5.74) is 0.662. The number of rotatable bonds is 6. The Labute approximate surface area is 144 Å². The van der Waals surface area contributed by atoms with Gasteiger partial charge >= 0.3 is 6.55 Å². The van der Waals surface area contributed by atoms with Gasteiger partial charge in [-0.15, -0.1) is 0 Å². The average Bonchev–Trinajstić information content (AvgIpc) is 3.23. The van der Waals surface area contributed by atoms with Crippen molar-refractivity contribution in [3.05, 3.63) is 47.8 Å². The average molecular weight is 350 g/mol. The molecular formula is C18H20F2N2O3. The lowest BCUT2D eigenvalue weighted by molar-refractivity contribution is 0.0631. The number of carbonyl (C=O) groups excluding carboxylic acids is 1. The molecule has 7 heteroatoms. The van der Waals surface area contributed by atoms with Crippen molar-refractivity contribution in [1.29, 1.82) is 0 Å². The maximum Gasteiger partial charge on any atom is 0.319 e. The maximum atomic E-state index is 13.1. The van der Waals surface area contributed by atoms with Crippen molar-refractivity contribution in [1.82, 2.24) is 4.57 Å². The van der Waals surface area contributed by atoms with Gasteiger partial charge in [0.25, 0.3) is 5.91 Å². The van der Waals surface area contributed by atoms with Crippen LogP contribution in [0.1, 0.15) is 35.6 Å². The molecule has 1 aliphatic rings. The third-order valence-electron chi connectivity index (χ3n) is 4.13. The Morgan fingerprint density at radius 3 is 2.88 bits per heavy atom. The number of halogens is 2. The van der Waals surface area contributed by atoms with Crippen molar-refractivity contribution in [2.45, 2.75) is 32.4 Å². The number of para-hydroxylation sites is 2. The molecule has 1 saturated heterocycles. The molecule has 1 fully saturated rings. The van der Waals surface area contributed by atoms with Gasteiger partial charge in [-0.2, -0.15) is 8.78 Å². The Hall–Kier alpha value is -2.41. The minimum absolute atomic E-state index is 0.0440. The lowest BCUT2D eigenvalue weighted by Gasteiger charge is -2.16. The van der Waals surface area contributed by atoms with Crippen LogP contribution in [0, 0.1) is 6.92 Å². The predicted octanol–water partition coefficient (Wildman–Crippen LogP) is 4.00. The van der Waals surface area contributed by atoms with Crippen LogP contribution in [0.2, 0.25) is 0 Å². The first kappa shape index (κ1) is 17.4. The molecule has 0 spiro atoms. The lowest BCUT2D eigenvalue weighted by Crippen LogP contribution is -2.20. The van der Waals surface area contributed by atoms with E-state index in [1.54, 1.807) is 24.3 Å². The van der Waals surface area contributed by atoms with Crippen LogP contribution < -0.4 is 10.1 Å². The quantitative estimate of drug-likeness (QED) is 0.857. The standard InChI is InChI=1S/C18H20F2N2O3/c1-12-8-9-15(22(12)18(19)20)17(23)21-14-6-2-3-7-16(14)25-11-13-5-4-10-24-13/h2-3,6-9,13,18H,4-5,10-11H2,1H3,(H,21,23). The fraction of sp³-hybridized carbons (Fsp3) is 0.389. The summed E-state index contributed by atoms with van der Waals surface area (Å²) in [5, 5.41) is 2.65. The molecule has 1 unspecified atom stereocenters. The monoisotopic (exact) mass is 350 g/mol. The topological polar surface area (TPSA) is 52.5 Å². The molecule has 1 aliphatic heterocycles. The third kappa shape index (κ3) is 3.99. The summed E-state index contributed by atoms with van der Waals surface area (Å²) in [4.78, 5) is 12.4. The van der Waals surface area contributed by atoms with E-state index in [-0.39, 0.29) is 11.8 Å². The van der Waals surface area contributed by atoms with Crippen LogP contribution in [0.4, 0.5) is 14.5 Å². The van der Waals surface area contributed by atoms with E-state index in [0.717, 1.165) is 19.4 Å². The van der Waals surface area contributed by atoms with Gasteiger partial charge in [0.05, 0.1) is 11.8 Å². The molecule has 2 heterocycles. The number of carbonyl (C=O) groups is 1. The van der Waals surface area contributed by atoms with Gasteiger partial charge < -0.3 is 14.8 Å². The SMILES string of the molecule is Cc1ccc(C(=O)Nc2ccccc2OCC2CCCO2)n1C(F)F. The molecule has 1 aromatic carbocycles. The molecule has 1 N–H and O–H groups in total. The second-order valence-corrected chi connectivity index (χ2v) is 5.90. The number of alkyl halides is 2. The molecule has 1 aromatic heterocycles. The molecule has 25 heavy (non-hydrogen) atoms. The van der Waals surface area contributed by atoms with Crippen LogP contribution in [0.15, 0.2) is 36.4 Å². The van der Waals surface area contributed by atoms with Gasteiger partial charge in [0.1, 0.15) is 18.1 Å². The molecule has 0 radical (unpaired) electrons. The molecular weight excluding hydrogens is 330 g/mol. The van der Waals surface area contributed by atoms with Crippen molar-refractivity contribution in [2.75, 3.05) is 18.5 Å². The Kier molecular flexibility index (Phi) is 5.33. The highest BCUT2D eigenvalue weighted by Gasteiger charge is 2.21. The number of aryl methyl sites for hydroxylation is 1. The number of nitrogens with zero attached hydrogens (tertiary/aromatic N) is 1. The molecule has 3 rings (SSSR count). The Bertz CT molecular complexity index is 740. The minimum atomic E-state index is -2.78. The van der Waals surface area contributed by atoms with Crippen LogP contribution in [0.5, 0.6) is 5.75 Å². The van der Waals surface area contributed by atoms with E-state index in [4.69, 9.17) is 9.47 Å². The number of aromatic nitrogens is 1. The number of hydrogen-bond donors (Lipinski definition) is 1. The van der Waals surface area contributed by atoms with E-state index in [1.807, 2.05) is 0 Å². The number of ether oxygens (including phenoxy) is 2. The molecule has 5 nitrogen and oxygen atoms in total. The van der Waals surface area contributed by atoms with E-state index < -0.39 is 12.5 Å². The van der Waals surface area contributed by atoms with Crippen LogP contribution in [-0.4, -0.2) is 29.8 Å². The summed E-state index contributed by atoms with van der Waals surface area (Å²) in [7, 11) is 0. The first-order valence-electron chi connectivity index (χ1n) is 8.17. The number of amides is 1. The van der Waals surface area contributed by atoms with Crippen LogP contribution in [0.3, 0.4) is 0 Å². The minimum Gasteiger partial charge on any atom is -0.489 e. The van der Waals surface area contributed by atoms with Gasteiger partial charge in [-0.1, -0.05) is 12.1 Å². The first-order chi connectivity index (χ1) is 12.1. The molecule has 1 amide bonds. The number of anilines is 1. The first-order valence-corrected chi connectivity index (χ1v) is 8.17. The van der Waals surface area contributed by atoms with Crippen molar-refractivity contribution < 1.29 is 23.0 Å². The molecule has 1 atom stereocenters. The zero-order chi connectivity index (χ0) is 17.8. The Morgan fingerprint density at radius 1 is 1.36 bits per heavy atom. The summed E-state index contributed by atoms with van der Waals surface area (Å²) in [6.07, 6.45) is 1.99. The molecule has 0 saturated carbocycles. The zero-order valence-electron chi connectivity index (χ0n) is 13.9. The summed E-state index contributed by atoms with van der Waals surface area (Å²) < 4.78 is 38.2. The third-order valence-corrected chi connectivity index (χ3v) is 4.13. The lowest BCUT2D eigenvalue weighted by atomic mass is 10.2. The second-order valence-electron chi connectivity index (χ2n) is 5.90. The van der Waals surface area contributed by atoms with Gasteiger partial charge in [0, 0.05) is 12.3 Å². The van der Waals surface area contributed by atoms with Crippen molar-refractivity contribution >= 4 is 11.6 Å². The summed E-state index contributed by atoms with van der Waals surface area (Å²) in [6.45, 7) is -0.126. The van der Waals surface area contributed by atoms with Crippen LogP contribution in [0.25, 0.3) is 0 Å². The summed E-state index contributed by atoms with van der Waals surface area (Å²) in [6, 6.07) is 9.79. The van der Waals surface area contributed by atoms with Crippen LogP contribution >= 0.6 is 0 Å². The van der Waals surface area contributed by atoms with Crippen molar-refractivity contribution in [2.24, 2.45) is 0 Å². The fourth-order valence-corrected chi connectivity index (χ4v) is 2.83. The number of nitrogens with one attached hydrogen (secondary N) is 1. The normalized spacial score (nSPS) is 17.0. The van der Waals surface area contributed by atoms with Crippen molar-refractivity contribution in [3.8, 4) is 5.75 Å². The molecule has 2 aromatic rings. The highest BCUT2D eigenvalue weighted by Crippen LogP contribution is 2.26. The highest BCUT2D eigenvalue weighted by atomic mass is 19.3. The fourth-order valence-electron chi connectivity index (χ4n) is 2.83. The van der Waals surface area contributed by atoms with Gasteiger partial charge in [-0.05, 0) is 44.0 Å². The van der Waals surface area contributed by atoms with Crippen molar-refractivity contribution in [3.63, 3.8) is 0 Å². The van der Waals surface area contributed by atoms with E-state index >= 15 is 0 Å². The van der Waals surface area contributed by atoms with E-state index in [2.05, 4.69) is 5.32 Å². The van der Waals surface area contributed by atoms with Gasteiger partial charge in [-0.3, -0.25) is 9.36 Å². The number of benzene rings is 1. The van der Waals surface area contributed by atoms with E-state index in [1.165, 1.54) is 19.1 Å². The molecule has 0 aliphatic carbocycles.